The maximum Gasteiger partial charge on any atom is 0.416 e. The van der Waals surface area contributed by atoms with E-state index in [9.17, 15) is 36.3 Å². The van der Waals surface area contributed by atoms with E-state index in [0.717, 1.165) is 18.7 Å². The van der Waals surface area contributed by atoms with E-state index in [1.54, 1.807) is 0 Å². The standard InChI is InChI=1S/C19H24F6N6O4/c1-17(2,19(23,24)25)35-8-11(26)12-6-30-15(28-12)4-10(5-27-30)13(9-34-3)29-7-14(18(20,21)22)31(33)16(29)32/h4-6,11,13-14,33H,7-9,26H2,1-3H3/t11-,13+,14?/m0/s1. The number of aromatic nitrogens is 3. The van der Waals surface area contributed by atoms with Gasteiger partial charge in [-0.2, -0.15) is 36.5 Å². The average Bonchev–Trinajstić information content (AvgIpc) is 3.30. The number of urea groups is 1. The Kier molecular flexibility index (Phi) is 7.23. The molecule has 3 heterocycles. The number of carbonyl (C=O) groups is 1. The van der Waals surface area contributed by atoms with Crippen LogP contribution in [-0.4, -0.2) is 86.7 Å². The summed E-state index contributed by atoms with van der Waals surface area (Å²) < 4.78 is 89.8. The van der Waals surface area contributed by atoms with Crippen molar-refractivity contribution in [3.8, 4) is 0 Å². The fourth-order valence-corrected chi connectivity index (χ4v) is 3.37. The van der Waals surface area contributed by atoms with Crippen molar-refractivity contribution in [3.05, 3.63) is 29.7 Å². The molecule has 3 atom stereocenters. The molecule has 16 heteroatoms. The summed E-state index contributed by atoms with van der Waals surface area (Å²) in [6.07, 6.45) is -6.82. The van der Waals surface area contributed by atoms with Crippen LogP contribution in [0.4, 0.5) is 31.1 Å². The summed E-state index contributed by atoms with van der Waals surface area (Å²) in [4.78, 5) is 17.4. The highest BCUT2D eigenvalue weighted by molar-refractivity contribution is 5.76. The minimum Gasteiger partial charge on any atom is -0.382 e. The summed E-state index contributed by atoms with van der Waals surface area (Å²) in [5.74, 6) is 0. The van der Waals surface area contributed by atoms with Gasteiger partial charge in [-0.15, -0.1) is 0 Å². The minimum absolute atomic E-state index is 0.159. The van der Waals surface area contributed by atoms with Crippen LogP contribution in [0.3, 0.4) is 0 Å². The van der Waals surface area contributed by atoms with Crippen LogP contribution in [0.2, 0.25) is 0 Å². The zero-order valence-corrected chi connectivity index (χ0v) is 18.8. The summed E-state index contributed by atoms with van der Waals surface area (Å²) >= 11 is 0. The first kappa shape index (κ1) is 26.9. The van der Waals surface area contributed by atoms with Crippen LogP contribution in [0.5, 0.6) is 0 Å². The first-order valence-electron chi connectivity index (χ1n) is 10.2. The van der Waals surface area contributed by atoms with Crippen LogP contribution < -0.4 is 5.73 Å². The molecule has 0 saturated carbocycles. The van der Waals surface area contributed by atoms with Gasteiger partial charge in [-0.1, -0.05) is 0 Å². The third-order valence-corrected chi connectivity index (χ3v) is 5.62. The largest absolute Gasteiger partial charge is 0.416 e. The summed E-state index contributed by atoms with van der Waals surface area (Å²) in [7, 11) is 1.28. The normalized spacial score (nSPS) is 19.6. The van der Waals surface area contributed by atoms with Gasteiger partial charge in [0.2, 0.25) is 0 Å². The molecule has 1 unspecified atom stereocenters. The fourth-order valence-electron chi connectivity index (χ4n) is 3.37. The lowest BCUT2D eigenvalue weighted by molar-refractivity contribution is -0.264. The van der Waals surface area contributed by atoms with Crippen molar-refractivity contribution in [3.63, 3.8) is 0 Å². The molecular formula is C19H24F6N6O4. The Labute approximate surface area is 195 Å². The van der Waals surface area contributed by atoms with Crippen LogP contribution in [0.15, 0.2) is 18.5 Å². The second kappa shape index (κ2) is 9.40. The zero-order valence-electron chi connectivity index (χ0n) is 18.8. The van der Waals surface area contributed by atoms with Crippen molar-refractivity contribution in [2.45, 2.75) is 49.9 Å². The van der Waals surface area contributed by atoms with Crippen molar-refractivity contribution in [1.29, 1.82) is 0 Å². The Morgan fingerprint density at radius 2 is 1.89 bits per heavy atom. The second-order valence-corrected chi connectivity index (χ2v) is 8.49. The van der Waals surface area contributed by atoms with E-state index in [0.29, 0.717) is 0 Å². The number of methoxy groups -OCH3 is 1. The number of hydrogen-bond donors (Lipinski definition) is 2. The summed E-state index contributed by atoms with van der Waals surface area (Å²) in [5, 5.41) is 13.4. The lowest BCUT2D eigenvalue weighted by Crippen LogP contribution is -2.43. The number of alkyl halides is 6. The first-order chi connectivity index (χ1) is 16.1. The Hall–Kier alpha value is -2.69. The van der Waals surface area contributed by atoms with Gasteiger partial charge in [0.1, 0.15) is 0 Å². The molecule has 1 saturated heterocycles. The molecule has 0 bridgehead atoms. The number of hydrogen-bond acceptors (Lipinski definition) is 7. The molecule has 196 valence electrons. The van der Waals surface area contributed by atoms with Crippen molar-refractivity contribution in [2.75, 3.05) is 26.9 Å². The Bertz CT molecular complexity index is 1060. The molecule has 0 aliphatic carbocycles. The van der Waals surface area contributed by atoms with Crippen molar-refractivity contribution < 1.29 is 45.8 Å². The Morgan fingerprint density at radius 1 is 1.23 bits per heavy atom. The highest BCUT2D eigenvalue weighted by Gasteiger charge is 2.54. The molecule has 2 amide bonds. The number of rotatable bonds is 8. The maximum absolute atomic E-state index is 13.2. The molecule has 10 nitrogen and oxygen atoms in total. The van der Waals surface area contributed by atoms with E-state index < -0.39 is 55.3 Å². The molecule has 1 aliphatic rings. The first-order valence-corrected chi connectivity index (χ1v) is 10.2. The smallest absolute Gasteiger partial charge is 0.382 e. The number of halogens is 6. The molecular weight excluding hydrogens is 490 g/mol. The second-order valence-electron chi connectivity index (χ2n) is 8.49. The van der Waals surface area contributed by atoms with Crippen molar-refractivity contribution >= 4 is 11.7 Å². The zero-order chi connectivity index (χ0) is 26.3. The number of ether oxygens (including phenoxy) is 2. The number of fused-ring (bicyclic) bond motifs is 1. The predicted octanol–water partition coefficient (Wildman–Crippen LogP) is 2.83. The Morgan fingerprint density at radius 3 is 2.43 bits per heavy atom. The van der Waals surface area contributed by atoms with E-state index in [2.05, 4.69) is 10.1 Å². The van der Waals surface area contributed by atoms with E-state index >= 15 is 0 Å². The van der Waals surface area contributed by atoms with Crippen LogP contribution in [0.1, 0.15) is 37.2 Å². The van der Waals surface area contributed by atoms with Gasteiger partial charge in [0.05, 0.1) is 49.9 Å². The maximum atomic E-state index is 13.2. The van der Waals surface area contributed by atoms with Gasteiger partial charge in [-0.3, -0.25) is 5.21 Å². The average molecular weight is 514 g/mol. The van der Waals surface area contributed by atoms with Gasteiger partial charge in [-0.05, 0) is 19.9 Å². The molecule has 2 aromatic heterocycles. The number of amides is 2. The summed E-state index contributed by atoms with van der Waals surface area (Å²) in [6, 6.07) is -4.33. The molecule has 0 radical (unpaired) electrons. The lowest BCUT2D eigenvalue weighted by atomic mass is 10.1. The monoisotopic (exact) mass is 514 g/mol. The number of nitrogens with two attached hydrogens (primary N) is 1. The molecule has 1 fully saturated rings. The molecule has 2 aromatic rings. The number of nitrogens with zero attached hydrogens (tertiary/aromatic N) is 5. The number of imidazole rings is 1. The minimum atomic E-state index is -4.85. The van der Waals surface area contributed by atoms with Crippen LogP contribution in [0.25, 0.3) is 5.65 Å². The van der Waals surface area contributed by atoms with Gasteiger partial charge < -0.3 is 20.1 Å². The summed E-state index contributed by atoms with van der Waals surface area (Å²) in [6.45, 7) is 0.181. The van der Waals surface area contributed by atoms with E-state index in [-0.39, 0.29) is 28.6 Å². The van der Waals surface area contributed by atoms with E-state index in [1.165, 1.54) is 30.1 Å². The van der Waals surface area contributed by atoms with Crippen LogP contribution in [0, 0.1) is 0 Å². The van der Waals surface area contributed by atoms with E-state index in [1.807, 2.05) is 0 Å². The van der Waals surface area contributed by atoms with Crippen molar-refractivity contribution in [2.24, 2.45) is 5.73 Å². The topological polar surface area (TPSA) is 118 Å². The molecule has 1 aliphatic heterocycles. The molecule has 3 rings (SSSR count). The van der Waals surface area contributed by atoms with Gasteiger partial charge in [0, 0.05) is 12.7 Å². The lowest BCUT2D eigenvalue weighted by Gasteiger charge is -2.28. The molecule has 3 N–H and O–H groups in total. The number of carbonyl (C=O) groups excluding carboxylic acids is 1. The third-order valence-electron chi connectivity index (χ3n) is 5.62. The van der Waals surface area contributed by atoms with Gasteiger partial charge in [0.25, 0.3) is 0 Å². The highest BCUT2D eigenvalue weighted by atomic mass is 19.4. The molecule has 35 heavy (non-hydrogen) atoms. The predicted molar refractivity (Wildman–Crippen MR) is 106 cm³/mol. The van der Waals surface area contributed by atoms with Gasteiger partial charge in [0.15, 0.2) is 17.3 Å². The molecule has 0 aromatic carbocycles. The van der Waals surface area contributed by atoms with Gasteiger partial charge >= 0.3 is 18.4 Å². The number of hydroxylamine groups is 2. The third kappa shape index (κ3) is 5.44. The fraction of sp³-hybridized carbons (Fsp3) is 0.632. The SMILES string of the molecule is COC[C@H](c1cnn2cc([C@@H](N)COC(C)(C)C(F)(F)F)nc2c1)N1CC(C(F)(F)F)N(O)C1=O. The van der Waals surface area contributed by atoms with Crippen LogP contribution in [-0.2, 0) is 9.47 Å². The van der Waals surface area contributed by atoms with Gasteiger partial charge in [-0.25, -0.2) is 14.3 Å². The van der Waals surface area contributed by atoms with Crippen LogP contribution >= 0.6 is 0 Å². The van der Waals surface area contributed by atoms with Crippen molar-refractivity contribution in [1.82, 2.24) is 24.6 Å². The summed E-state index contributed by atoms with van der Waals surface area (Å²) in [5.41, 5.74) is 4.09. The highest BCUT2D eigenvalue weighted by Crippen LogP contribution is 2.35. The quantitative estimate of drug-likeness (QED) is 0.411. The molecule has 0 spiro atoms. The Balaban J connectivity index is 1.83. The van der Waals surface area contributed by atoms with E-state index in [4.69, 9.17) is 15.2 Å².